The number of rotatable bonds is 6. The average Bonchev–Trinajstić information content (AvgIpc) is 2.83. The van der Waals surface area contributed by atoms with Crippen molar-refractivity contribution in [3.63, 3.8) is 0 Å². The van der Waals surface area contributed by atoms with Crippen molar-refractivity contribution in [2.45, 2.75) is 42.7 Å². The lowest BCUT2D eigenvalue weighted by Crippen LogP contribution is -2.48. The number of guanidine groups is 1. The van der Waals surface area contributed by atoms with Crippen molar-refractivity contribution in [3.8, 4) is 0 Å². The summed E-state index contributed by atoms with van der Waals surface area (Å²) in [5, 5.41) is 17.0. The third-order valence-corrected chi connectivity index (χ3v) is 8.44. The van der Waals surface area contributed by atoms with Crippen molar-refractivity contribution in [1.29, 1.82) is 5.41 Å². The molecule has 1 saturated heterocycles. The summed E-state index contributed by atoms with van der Waals surface area (Å²) in [4.78, 5) is 19.5. The minimum absolute atomic E-state index is 0.0372. The van der Waals surface area contributed by atoms with Crippen LogP contribution >= 0.6 is 0 Å². The predicted octanol–water partition coefficient (Wildman–Crippen LogP) is 2.23. The molecule has 4 N–H and O–H groups in total. The van der Waals surface area contributed by atoms with Crippen molar-refractivity contribution in [3.05, 3.63) is 53.9 Å². The van der Waals surface area contributed by atoms with Gasteiger partial charge in [0, 0.05) is 63.5 Å². The van der Waals surface area contributed by atoms with Gasteiger partial charge >= 0.3 is 6.16 Å². The number of hydrogen-bond donors (Lipinski definition) is 3. The first kappa shape index (κ1) is 23.8. The highest BCUT2D eigenvalue weighted by atomic mass is 32.2. The van der Waals surface area contributed by atoms with Crippen LogP contribution in [-0.4, -0.2) is 66.5 Å². The van der Waals surface area contributed by atoms with Crippen molar-refractivity contribution >= 4 is 27.6 Å². The summed E-state index contributed by atoms with van der Waals surface area (Å²) in [5.74, 6) is -0.255. The van der Waals surface area contributed by atoms with E-state index in [2.05, 4.69) is 9.88 Å². The van der Waals surface area contributed by atoms with Gasteiger partial charge in [0.1, 0.15) is 5.60 Å². The molecule has 1 fully saturated rings. The molecule has 3 heterocycles. The Morgan fingerprint density at radius 3 is 2.50 bits per heavy atom. The smallest absolute Gasteiger partial charge is 0.450 e. The van der Waals surface area contributed by atoms with E-state index in [4.69, 9.17) is 15.9 Å². The minimum atomic E-state index is -3.67. The molecule has 1 aromatic carbocycles. The number of piperidine rings is 1. The second-order valence-electron chi connectivity index (χ2n) is 8.80. The van der Waals surface area contributed by atoms with E-state index in [1.807, 2.05) is 18.2 Å². The molecule has 34 heavy (non-hydrogen) atoms. The summed E-state index contributed by atoms with van der Waals surface area (Å²) in [6.07, 6.45) is 3.58. The lowest BCUT2D eigenvalue weighted by Gasteiger charge is -2.41. The van der Waals surface area contributed by atoms with Gasteiger partial charge in [0.05, 0.1) is 10.6 Å². The Labute approximate surface area is 198 Å². The molecule has 182 valence electrons. The SMILES string of the molecule is N=C(N)N1CCc2ccc(S(=O)(=O)CCC3(OC(=O)O)CCN(c4ccncc4)CC3)cc2C1. The predicted molar refractivity (Wildman–Crippen MR) is 127 cm³/mol. The number of sulfone groups is 1. The third kappa shape index (κ3) is 5.24. The van der Waals surface area contributed by atoms with Crippen LogP contribution in [0.4, 0.5) is 10.5 Å². The van der Waals surface area contributed by atoms with Crippen LogP contribution in [0, 0.1) is 5.41 Å². The zero-order valence-electron chi connectivity index (χ0n) is 18.8. The first-order valence-electron chi connectivity index (χ1n) is 11.2. The second-order valence-corrected chi connectivity index (χ2v) is 10.9. The summed E-state index contributed by atoms with van der Waals surface area (Å²) < 4.78 is 31.7. The molecular weight excluding hydrogens is 458 g/mol. The van der Waals surface area contributed by atoms with Crippen LogP contribution < -0.4 is 10.6 Å². The molecule has 2 aromatic rings. The minimum Gasteiger partial charge on any atom is -0.450 e. The summed E-state index contributed by atoms with van der Waals surface area (Å²) in [6, 6.07) is 8.85. The third-order valence-electron chi connectivity index (χ3n) is 6.72. The van der Waals surface area contributed by atoms with E-state index in [-0.39, 0.29) is 23.0 Å². The van der Waals surface area contributed by atoms with Gasteiger partial charge in [0.15, 0.2) is 15.8 Å². The van der Waals surface area contributed by atoms with Gasteiger partial charge in [0.2, 0.25) is 0 Å². The number of benzene rings is 1. The van der Waals surface area contributed by atoms with Gasteiger partial charge < -0.3 is 25.4 Å². The molecule has 2 aliphatic rings. The molecule has 11 heteroatoms. The van der Waals surface area contributed by atoms with Crippen molar-refractivity contribution in [2.75, 3.05) is 30.3 Å². The molecule has 1 aromatic heterocycles. The number of nitrogens with two attached hydrogens (primary N) is 1. The number of pyridine rings is 1. The van der Waals surface area contributed by atoms with E-state index in [1.54, 1.807) is 29.4 Å². The number of ether oxygens (including phenoxy) is 1. The van der Waals surface area contributed by atoms with Crippen LogP contribution in [-0.2, 0) is 27.5 Å². The standard InChI is InChI=1S/C23H29N5O5S/c24-21(25)28-11-5-17-1-2-20(15-18(17)16-28)34(31,32)14-8-23(33-22(29)30)6-12-27(13-7-23)19-3-9-26-10-4-19/h1-4,9-10,15H,5-8,11-14,16H2,(H3,24,25)(H,29,30). The van der Waals surface area contributed by atoms with Crippen molar-refractivity contribution < 1.29 is 23.1 Å². The summed E-state index contributed by atoms with van der Waals surface area (Å²) in [6.45, 7) is 2.12. The summed E-state index contributed by atoms with van der Waals surface area (Å²) >= 11 is 0. The Morgan fingerprint density at radius 2 is 1.85 bits per heavy atom. The largest absolute Gasteiger partial charge is 0.506 e. The van der Waals surface area contributed by atoms with E-state index in [1.165, 1.54) is 0 Å². The molecular formula is C23H29N5O5S. The molecule has 0 radical (unpaired) electrons. The lowest BCUT2D eigenvalue weighted by atomic mass is 9.88. The fraction of sp³-hybridized carbons (Fsp3) is 0.435. The number of nitrogens with one attached hydrogen (secondary N) is 1. The highest BCUT2D eigenvalue weighted by Crippen LogP contribution is 2.34. The monoisotopic (exact) mass is 487 g/mol. The maximum atomic E-state index is 13.2. The van der Waals surface area contributed by atoms with Gasteiger partial charge in [-0.2, -0.15) is 0 Å². The number of hydrogen-bond acceptors (Lipinski definition) is 7. The molecule has 0 saturated carbocycles. The molecule has 10 nitrogen and oxygen atoms in total. The summed E-state index contributed by atoms with van der Waals surface area (Å²) in [5.41, 5.74) is 7.42. The van der Waals surface area contributed by atoms with E-state index >= 15 is 0 Å². The topological polar surface area (TPSA) is 150 Å². The number of fused-ring (bicyclic) bond motifs is 1. The van der Waals surface area contributed by atoms with E-state index in [0.717, 1.165) is 16.8 Å². The van der Waals surface area contributed by atoms with Gasteiger partial charge in [-0.15, -0.1) is 0 Å². The quantitative estimate of drug-likeness (QED) is 0.317. The van der Waals surface area contributed by atoms with Gasteiger partial charge in [-0.1, -0.05) is 6.07 Å². The van der Waals surface area contributed by atoms with Crippen LogP contribution in [0.15, 0.2) is 47.6 Å². The fourth-order valence-electron chi connectivity index (χ4n) is 4.69. The zero-order valence-corrected chi connectivity index (χ0v) is 19.6. The molecule has 2 aliphatic heterocycles. The number of anilines is 1. The Morgan fingerprint density at radius 1 is 1.15 bits per heavy atom. The molecule has 0 bridgehead atoms. The molecule has 0 aliphatic carbocycles. The van der Waals surface area contributed by atoms with Crippen LogP contribution in [0.5, 0.6) is 0 Å². The first-order chi connectivity index (χ1) is 16.2. The van der Waals surface area contributed by atoms with Crippen LogP contribution in [0.1, 0.15) is 30.4 Å². The average molecular weight is 488 g/mol. The normalized spacial score (nSPS) is 17.6. The maximum absolute atomic E-state index is 13.2. The highest BCUT2D eigenvalue weighted by molar-refractivity contribution is 7.91. The Bertz CT molecular complexity index is 1160. The van der Waals surface area contributed by atoms with Gasteiger partial charge in [-0.25, -0.2) is 13.2 Å². The number of aromatic nitrogens is 1. The van der Waals surface area contributed by atoms with Gasteiger partial charge in [-0.05, 0) is 41.8 Å². The second kappa shape index (κ2) is 9.49. The number of carboxylic acid groups (broad SMARTS) is 1. The first-order valence-corrected chi connectivity index (χ1v) is 12.8. The zero-order chi connectivity index (χ0) is 24.3. The lowest BCUT2D eigenvalue weighted by molar-refractivity contribution is -0.0357. The van der Waals surface area contributed by atoms with Gasteiger partial charge in [0.25, 0.3) is 0 Å². The van der Waals surface area contributed by atoms with E-state index < -0.39 is 21.6 Å². The maximum Gasteiger partial charge on any atom is 0.506 e. The van der Waals surface area contributed by atoms with Crippen molar-refractivity contribution in [2.24, 2.45) is 5.73 Å². The molecule has 4 rings (SSSR count). The van der Waals surface area contributed by atoms with Crippen LogP contribution in [0.3, 0.4) is 0 Å². The van der Waals surface area contributed by atoms with Crippen molar-refractivity contribution in [1.82, 2.24) is 9.88 Å². The summed E-state index contributed by atoms with van der Waals surface area (Å²) in [7, 11) is -3.67. The molecule has 0 unspecified atom stereocenters. The van der Waals surface area contributed by atoms with E-state index in [9.17, 15) is 18.3 Å². The number of carbonyl (C=O) groups is 1. The van der Waals surface area contributed by atoms with Gasteiger partial charge in [-0.3, -0.25) is 10.4 Å². The van der Waals surface area contributed by atoms with Crippen LogP contribution in [0.2, 0.25) is 0 Å². The van der Waals surface area contributed by atoms with Crippen LogP contribution in [0.25, 0.3) is 0 Å². The fourth-order valence-corrected chi connectivity index (χ4v) is 6.16. The number of nitrogens with zero attached hydrogens (tertiary/aromatic N) is 3. The Kier molecular flexibility index (Phi) is 6.65. The Balaban J connectivity index is 1.47. The molecule has 0 spiro atoms. The highest BCUT2D eigenvalue weighted by Gasteiger charge is 2.39. The van der Waals surface area contributed by atoms with E-state index in [0.29, 0.717) is 45.4 Å². The molecule has 0 atom stereocenters. The Hall–Kier alpha value is -3.34. The molecule has 0 amide bonds.